The van der Waals surface area contributed by atoms with Crippen molar-refractivity contribution in [3.63, 3.8) is 0 Å². The molecule has 0 bridgehead atoms. The lowest BCUT2D eigenvalue weighted by Gasteiger charge is -2.11. The number of amides is 1. The maximum atomic E-state index is 13.2. The van der Waals surface area contributed by atoms with Gasteiger partial charge in [-0.2, -0.15) is 0 Å². The van der Waals surface area contributed by atoms with Gasteiger partial charge >= 0.3 is 6.36 Å². The molecule has 0 saturated heterocycles. The fraction of sp³-hybridized carbons (Fsp3) is 0.174. The van der Waals surface area contributed by atoms with E-state index in [2.05, 4.69) is 30.3 Å². The Balaban J connectivity index is 1.65. The summed E-state index contributed by atoms with van der Waals surface area (Å²) in [5, 5.41) is 11.5. The Hall–Kier alpha value is -3.93. The van der Waals surface area contributed by atoms with E-state index in [-0.39, 0.29) is 17.2 Å². The smallest absolute Gasteiger partial charge is 0.406 e. The molecule has 0 aliphatic carbocycles. The molecule has 0 unspecified atom stereocenters. The Labute approximate surface area is 202 Å². The molecule has 0 radical (unpaired) electrons. The van der Waals surface area contributed by atoms with Crippen molar-refractivity contribution in [3.8, 4) is 11.4 Å². The van der Waals surface area contributed by atoms with Gasteiger partial charge in [0.1, 0.15) is 5.75 Å². The van der Waals surface area contributed by atoms with Crippen LogP contribution in [0.25, 0.3) is 5.69 Å². The van der Waals surface area contributed by atoms with E-state index in [4.69, 9.17) is 0 Å². The summed E-state index contributed by atoms with van der Waals surface area (Å²) in [7, 11) is 0. The molecular weight excluding hydrogens is 481 g/mol. The normalized spacial score (nSPS) is 11.3. The summed E-state index contributed by atoms with van der Waals surface area (Å²) in [6.07, 6.45) is -0.880. The SMILES string of the molecule is CCc1ccccc1NC(=O)c1nnn(-c2ccc(OC(F)(F)F)cc2)c1CSc1ncccn1. The third-order valence-electron chi connectivity index (χ3n) is 4.82. The highest BCUT2D eigenvalue weighted by Crippen LogP contribution is 2.27. The van der Waals surface area contributed by atoms with Gasteiger partial charge in [0.05, 0.1) is 11.4 Å². The molecule has 0 aliphatic rings. The number of ether oxygens (including phenoxy) is 1. The van der Waals surface area contributed by atoms with Crippen LogP contribution in [0.2, 0.25) is 0 Å². The topological polar surface area (TPSA) is 94.8 Å². The van der Waals surface area contributed by atoms with Crippen LogP contribution >= 0.6 is 11.8 Å². The zero-order valence-electron chi connectivity index (χ0n) is 18.4. The number of rotatable bonds is 8. The Morgan fingerprint density at radius 1 is 1.06 bits per heavy atom. The van der Waals surface area contributed by atoms with Gasteiger partial charge in [-0.3, -0.25) is 4.79 Å². The molecule has 2 aromatic carbocycles. The highest BCUT2D eigenvalue weighted by atomic mass is 32.2. The van der Waals surface area contributed by atoms with Gasteiger partial charge in [0.15, 0.2) is 10.9 Å². The van der Waals surface area contributed by atoms with E-state index in [0.717, 1.165) is 12.0 Å². The van der Waals surface area contributed by atoms with Crippen LogP contribution in [0.15, 0.2) is 72.1 Å². The maximum absolute atomic E-state index is 13.2. The summed E-state index contributed by atoms with van der Waals surface area (Å²) in [4.78, 5) is 21.5. The molecule has 0 atom stereocenters. The first-order chi connectivity index (χ1) is 16.8. The number of carbonyl (C=O) groups is 1. The Kier molecular flexibility index (Phi) is 7.30. The lowest BCUT2D eigenvalue weighted by molar-refractivity contribution is -0.274. The Bertz CT molecular complexity index is 1300. The van der Waals surface area contributed by atoms with Gasteiger partial charge in [-0.25, -0.2) is 14.6 Å². The van der Waals surface area contributed by atoms with Crippen LogP contribution in [0.1, 0.15) is 28.7 Å². The molecule has 8 nitrogen and oxygen atoms in total. The summed E-state index contributed by atoms with van der Waals surface area (Å²) in [5.74, 6) is -0.599. The minimum atomic E-state index is -4.80. The molecule has 0 aliphatic heterocycles. The molecule has 1 N–H and O–H groups in total. The van der Waals surface area contributed by atoms with Crippen molar-refractivity contribution in [1.29, 1.82) is 0 Å². The number of benzene rings is 2. The van der Waals surface area contributed by atoms with Crippen molar-refractivity contribution in [2.45, 2.75) is 30.6 Å². The lowest BCUT2D eigenvalue weighted by Crippen LogP contribution is -2.17. The minimum absolute atomic E-state index is 0.0787. The van der Waals surface area contributed by atoms with Crippen molar-refractivity contribution in [2.24, 2.45) is 0 Å². The number of alkyl halides is 3. The number of hydrogen-bond acceptors (Lipinski definition) is 7. The summed E-state index contributed by atoms with van der Waals surface area (Å²) in [5.41, 5.74) is 2.54. The first-order valence-corrected chi connectivity index (χ1v) is 11.4. The van der Waals surface area contributed by atoms with E-state index in [0.29, 0.717) is 22.2 Å². The van der Waals surface area contributed by atoms with Crippen molar-refractivity contribution in [2.75, 3.05) is 5.32 Å². The van der Waals surface area contributed by atoms with Crippen LogP contribution in [0.5, 0.6) is 5.75 Å². The monoisotopic (exact) mass is 500 g/mol. The quantitative estimate of drug-likeness (QED) is 0.267. The number of aromatic nitrogens is 5. The molecule has 35 heavy (non-hydrogen) atoms. The average molecular weight is 501 g/mol. The number of thioether (sulfide) groups is 1. The molecule has 1 amide bonds. The van der Waals surface area contributed by atoms with Crippen LogP contribution in [0.4, 0.5) is 18.9 Å². The van der Waals surface area contributed by atoms with Crippen molar-refractivity contribution >= 4 is 23.4 Å². The Morgan fingerprint density at radius 2 is 1.77 bits per heavy atom. The summed E-state index contributed by atoms with van der Waals surface area (Å²) in [6.45, 7) is 1.98. The van der Waals surface area contributed by atoms with Crippen LogP contribution in [-0.4, -0.2) is 37.2 Å². The van der Waals surface area contributed by atoms with Crippen LogP contribution in [0.3, 0.4) is 0 Å². The molecule has 4 rings (SSSR count). The molecule has 4 aromatic rings. The van der Waals surface area contributed by atoms with Gasteiger partial charge in [-0.1, -0.05) is 42.1 Å². The van der Waals surface area contributed by atoms with E-state index in [9.17, 15) is 18.0 Å². The summed E-state index contributed by atoms with van der Waals surface area (Å²) < 4.78 is 42.8. The highest BCUT2D eigenvalue weighted by molar-refractivity contribution is 7.98. The molecule has 0 saturated carbocycles. The molecule has 180 valence electrons. The third kappa shape index (κ3) is 6.15. The van der Waals surface area contributed by atoms with E-state index < -0.39 is 12.3 Å². The number of anilines is 1. The zero-order chi connectivity index (χ0) is 24.8. The van der Waals surface area contributed by atoms with Crippen molar-refractivity contribution < 1.29 is 22.7 Å². The number of carbonyl (C=O) groups excluding carboxylic acids is 1. The lowest BCUT2D eigenvalue weighted by atomic mass is 10.1. The number of para-hydroxylation sites is 1. The molecule has 2 aromatic heterocycles. The largest absolute Gasteiger partial charge is 0.573 e. The van der Waals surface area contributed by atoms with Crippen LogP contribution in [-0.2, 0) is 12.2 Å². The van der Waals surface area contributed by atoms with Gasteiger partial charge in [-0.05, 0) is 48.4 Å². The fourth-order valence-corrected chi connectivity index (χ4v) is 4.02. The maximum Gasteiger partial charge on any atom is 0.573 e. The molecule has 0 fully saturated rings. The van der Waals surface area contributed by atoms with Gasteiger partial charge in [0.2, 0.25) is 0 Å². The van der Waals surface area contributed by atoms with Gasteiger partial charge in [0.25, 0.3) is 5.91 Å². The summed E-state index contributed by atoms with van der Waals surface area (Å²) >= 11 is 1.27. The van der Waals surface area contributed by atoms with Crippen LogP contribution < -0.4 is 10.1 Å². The zero-order valence-corrected chi connectivity index (χ0v) is 19.2. The standard InChI is InChI=1S/C23H19F3N6O2S/c1-2-15-6-3-4-7-18(15)29-21(33)20-19(14-35-22-27-12-5-13-28-22)32(31-30-20)16-8-10-17(11-9-16)34-23(24,25)26/h3-13H,2,14H2,1H3,(H,29,33). The molecule has 2 heterocycles. The van der Waals surface area contributed by atoms with Crippen molar-refractivity contribution in [3.05, 3.63) is 83.9 Å². The third-order valence-corrected chi connectivity index (χ3v) is 5.71. The van der Waals surface area contributed by atoms with Gasteiger partial charge < -0.3 is 10.1 Å². The van der Waals surface area contributed by atoms with E-state index in [1.54, 1.807) is 24.5 Å². The molecule has 12 heteroatoms. The van der Waals surface area contributed by atoms with Gasteiger partial charge in [-0.15, -0.1) is 18.3 Å². The van der Waals surface area contributed by atoms with Crippen LogP contribution in [0, 0.1) is 0 Å². The second-order valence-corrected chi connectivity index (χ2v) is 8.07. The first-order valence-electron chi connectivity index (χ1n) is 10.4. The van der Waals surface area contributed by atoms with E-state index in [1.165, 1.54) is 40.7 Å². The number of halogens is 3. The number of nitrogens with one attached hydrogen (secondary N) is 1. The van der Waals surface area contributed by atoms with E-state index in [1.807, 2.05) is 25.1 Å². The van der Waals surface area contributed by atoms with E-state index >= 15 is 0 Å². The number of hydrogen-bond donors (Lipinski definition) is 1. The van der Waals surface area contributed by atoms with Gasteiger partial charge in [0, 0.05) is 23.8 Å². The predicted molar refractivity (Wildman–Crippen MR) is 123 cm³/mol. The summed E-state index contributed by atoms with van der Waals surface area (Å²) in [6, 6.07) is 14.2. The minimum Gasteiger partial charge on any atom is -0.406 e. The second-order valence-electron chi connectivity index (χ2n) is 7.12. The number of aryl methyl sites for hydroxylation is 1. The molecular formula is C23H19F3N6O2S. The molecule has 0 spiro atoms. The number of nitrogens with zero attached hydrogens (tertiary/aromatic N) is 5. The Morgan fingerprint density at radius 3 is 2.46 bits per heavy atom. The second kappa shape index (κ2) is 10.6. The first kappa shape index (κ1) is 24.2. The fourth-order valence-electron chi connectivity index (χ4n) is 3.23. The average Bonchev–Trinajstić information content (AvgIpc) is 3.27. The highest BCUT2D eigenvalue weighted by Gasteiger charge is 2.31. The predicted octanol–water partition coefficient (Wildman–Crippen LogP) is 5.06. The van der Waals surface area contributed by atoms with Crippen molar-refractivity contribution in [1.82, 2.24) is 25.0 Å².